The Hall–Kier alpha value is -1.35. The Morgan fingerprint density at radius 3 is 2.75 bits per heavy atom. The van der Waals surface area contributed by atoms with Gasteiger partial charge < -0.3 is 10.2 Å². The molecular formula is C13H14N2O. The van der Waals surface area contributed by atoms with Gasteiger partial charge in [0.05, 0.1) is 5.41 Å². The highest BCUT2D eigenvalue weighted by Crippen LogP contribution is 2.66. The van der Waals surface area contributed by atoms with Gasteiger partial charge >= 0.3 is 0 Å². The Morgan fingerprint density at radius 1 is 1.31 bits per heavy atom. The number of aromatic nitrogens is 1. The second-order valence-corrected chi connectivity index (χ2v) is 5.66. The predicted octanol–water partition coefficient (Wildman–Crippen LogP) is 2.27. The van der Waals surface area contributed by atoms with E-state index >= 15 is 0 Å². The van der Waals surface area contributed by atoms with Gasteiger partial charge in [-0.15, -0.1) is 0 Å². The Morgan fingerprint density at radius 2 is 2.06 bits per heavy atom. The van der Waals surface area contributed by atoms with Crippen molar-refractivity contribution in [2.45, 2.75) is 37.1 Å². The van der Waals surface area contributed by atoms with Crippen LogP contribution in [0.5, 0.6) is 0 Å². The molecule has 1 aromatic heterocycles. The molecule has 3 fully saturated rings. The van der Waals surface area contributed by atoms with Crippen molar-refractivity contribution in [1.82, 2.24) is 4.98 Å². The van der Waals surface area contributed by atoms with Crippen LogP contribution >= 0.6 is 0 Å². The second-order valence-electron chi connectivity index (χ2n) is 5.66. The highest BCUT2D eigenvalue weighted by atomic mass is 16.3. The number of nitrogens with two attached hydrogens (primary N) is 1. The van der Waals surface area contributed by atoms with Crippen molar-refractivity contribution in [2.75, 3.05) is 0 Å². The van der Waals surface area contributed by atoms with Crippen molar-refractivity contribution in [3.05, 3.63) is 29.7 Å². The molecule has 3 saturated carbocycles. The molecule has 16 heavy (non-hydrogen) atoms. The fourth-order valence-corrected chi connectivity index (χ4v) is 3.36. The van der Waals surface area contributed by atoms with Gasteiger partial charge in [0.1, 0.15) is 5.52 Å². The van der Waals surface area contributed by atoms with Gasteiger partial charge in [0, 0.05) is 5.54 Å². The summed E-state index contributed by atoms with van der Waals surface area (Å²) >= 11 is 0. The standard InChI is InChI=1S/C13H14N2O/c1-8-2-3-10-9(4-8)15-11(16-10)12-5-13(14,6-12)7-12/h2-4H,5-7,14H2,1H3. The van der Waals surface area contributed by atoms with E-state index in [0.29, 0.717) is 0 Å². The number of aryl methyl sites for hydroxylation is 1. The lowest BCUT2D eigenvalue weighted by atomic mass is 9.40. The third-order valence-corrected chi connectivity index (χ3v) is 4.07. The number of benzene rings is 1. The summed E-state index contributed by atoms with van der Waals surface area (Å²) in [6, 6.07) is 6.14. The predicted molar refractivity (Wildman–Crippen MR) is 61.2 cm³/mol. The Kier molecular flexibility index (Phi) is 1.27. The van der Waals surface area contributed by atoms with E-state index in [2.05, 4.69) is 24.0 Å². The van der Waals surface area contributed by atoms with Crippen molar-refractivity contribution in [3.63, 3.8) is 0 Å². The minimum atomic E-state index is 0.108. The van der Waals surface area contributed by atoms with E-state index in [1.165, 1.54) is 5.56 Å². The summed E-state index contributed by atoms with van der Waals surface area (Å²) in [6.07, 6.45) is 3.14. The maximum Gasteiger partial charge on any atom is 0.201 e. The largest absolute Gasteiger partial charge is 0.440 e. The first kappa shape index (κ1) is 8.76. The van der Waals surface area contributed by atoms with E-state index in [0.717, 1.165) is 36.3 Å². The molecule has 2 aromatic rings. The lowest BCUT2D eigenvalue weighted by Gasteiger charge is -2.67. The Labute approximate surface area is 93.6 Å². The molecule has 0 amide bonds. The monoisotopic (exact) mass is 214 g/mol. The van der Waals surface area contributed by atoms with Crippen molar-refractivity contribution in [1.29, 1.82) is 0 Å². The van der Waals surface area contributed by atoms with Crippen LogP contribution in [0.15, 0.2) is 22.6 Å². The molecule has 0 radical (unpaired) electrons. The first-order valence-corrected chi connectivity index (χ1v) is 5.75. The molecule has 1 heterocycles. The van der Waals surface area contributed by atoms with E-state index in [4.69, 9.17) is 10.2 Å². The summed E-state index contributed by atoms with van der Waals surface area (Å²) in [6.45, 7) is 2.07. The number of nitrogens with zero attached hydrogens (tertiary/aromatic N) is 1. The molecule has 1 aromatic carbocycles. The average molecular weight is 214 g/mol. The van der Waals surface area contributed by atoms with E-state index in [9.17, 15) is 0 Å². The molecule has 3 heteroatoms. The lowest BCUT2D eigenvalue weighted by molar-refractivity contribution is -0.0757. The zero-order chi connectivity index (χ0) is 11.0. The number of fused-ring (bicyclic) bond motifs is 1. The summed E-state index contributed by atoms with van der Waals surface area (Å²) in [5, 5.41) is 0. The molecule has 0 saturated heterocycles. The van der Waals surface area contributed by atoms with Gasteiger partial charge in [-0.3, -0.25) is 0 Å². The third kappa shape index (κ3) is 0.901. The SMILES string of the molecule is Cc1ccc2oc(C34CC(N)(C3)C4)nc2c1. The van der Waals surface area contributed by atoms with Crippen LogP contribution < -0.4 is 5.73 Å². The van der Waals surface area contributed by atoms with Crippen LogP contribution in [0.2, 0.25) is 0 Å². The van der Waals surface area contributed by atoms with Crippen LogP contribution in [0.25, 0.3) is 11.1 Å². The molecule has 0 atom stereocenters. The summed E-state index contributed by atoms with van der Waals surface area (Å²) in [5.74, 6) is 0.903. The maximum absolute atomic E-state index is 6.06. The first-order valence-electron chi connectivity index (χ1n) is 5.75. The van der Waals surface area contributed by atoms with E-state index in [1.54, 1.807) is 0 Å². The number of hydrogen-bond acceptors (Lipinski definition) is 3. The smallest absolute Gasteiger partial charge is 0.201 e. The number of hydrogen-bond donors (Lipinski definition) is 1. The average Bonchev–Trinajstić information content (AvgIpc) is 2.53. The molecule has 0 spiro atoms. The quantitative estimate of drug-likeness (QED) is 0.792. The van der Waals surface area contributed by atoms with Crippen LogP contribution in [-0.4, -0.2) is 10.5 Å². The van der Waals surface area contributed by atoms with Crippen molar-refractivity contribution < 1.29 is 4.42 Å². The normalized spacial score (nSPS) is 35.9. The van der Waals surface area contributed by atoms with Crippen LogP contribution in [0.4, 0.5) is 0 Å². The third-order valence-electron chi connectivity index (χ3n) is 4.07. The number of oxazole rings is 1. The minimum absolute atomic E-state index is 0.108. The molecule has 5 rings (SSSR count). The van der Waals surface area contributed by atoms with Crippen molar-refractivity contribution >= 4 is 11.1 Å². The van der Waals surface area contributed by atoms with Crippen molar-refractivity contribution in [3.8, 4) is 0 Å². The lowest BCUT2D eigenvalue weighted by Crippen LogP contribution is -2.74. The maximum atomic E-state index is 6.06. The van der Waals surface area contributed by atoms with Gasteiger partial charge in [0.25, 0.3) is 0 Å². The van der Waals surface area contributed by atoms with Crippen LogP contribution in [-0.2, 0) is 5.41 Å². The van der Waals surface area contributed by atoms with Gasteiger partial charge in [0.15, 0.2) is 5.58 Å². The molecule has 82 valence electrons. The Balaban J connectivity index is 1.82. The second kappa shape index (κ2) is 2.33. The van der Waals surface area contributed by atoms with E-state index in [1.807, 2.05) is 6.07 Å². The molecule has 3 aliphatic rings. The van der Waals surface area contributed by atoms with Gasteiger partial charge in [0.2, 0.25) is 5.89 Å². The summed E-state index contributed by atoms with van der Waals surface area (Å²) in [5.41, 5.74) is 9.45. The highest BCUT2D eigenvalue weighted by molar-refractivity contribution is 5.73. The highest BCUT2D eigenvalue weighted by Gasteiger charge is 2.69. The van der Waals surface area contributed by atoms with E-state index in [-0.39, 0.29) is 11.0 Å². The van der Waals surface area contributed by atoms with Crippen LogP contribution in [0.1, 0.15) is 30.7 Å². The molecule has 3 nitrogen and oxygen atoms in total. The minimum Gasteiger partial charge on any atom is -0.440 e. The summed E-state index contributed by atoms with van der Waals surface area (Å²) < 4.78 is 5.85. The van der Waals surface area contributed by atoms with Gasteiger partial charge in [-0.1, -0.05) is 6.07 Å². The topological polar surface area (TPSA) is 52.0 Å². The molecule has 2 N–H and O–H groups in total. The molecule has 0 aliphatic heterocycles. The Bertz CT molecular complexity index is 579. The molecule has 0 unspecified atom stereocenters. The first-order chi connectivity index (χ1) is 7.59. The van der Waals surface area contributed by atoms with E-state index < -0.39 is 0 Å². The summed E-state index contributed by atoms with van der Waals surface area (Å²) in [7, 11) is 0. The van der Waals surface area contributed by atoms with Crippen LogP contribution in [0.3, 0.4) is 0 Å². The van der Waals surface area contributed by atoms with Gasteiger partial charge in [-0.05, 0) is 43.9 Å². The zero-order valence-electron chi connectivity index (χ0n) is 9.29. The van der Waals surface area contributed by atoms with Crippen molar-refractivity contribution in [2.24, 2.45) is 5.73 Å². The zero-order valence-corrected chi connectivity index (χ0v) is 9.29. The fraction of sp³-hybridized carbons (Fsp3) is 0.462. The molecular weight excluding hydrogens is 200 g/mol. The fourth-order valence-electron chi connectivity index (χ4n) is 3.36. The molecule has 2 bridgehead atoms. The number of rotatable bonds is 1. The summed E-state index contributed by atoms with van der Waals surface area (Å²) in [4.78, 5) is 4.61. The van der Waals surface area contributed by atoms with Crippen LogP contribution in [0, 0.1) is 6.92 Å². The molecule has 3 aliphatic carbocycles. The van der Waals surface area contributed by atoms with Gasteiger partial charge in [-0.25, -0.2) is 4.98 Å². The van der Waals surface area contributed by atoms with Gasteiger partial charge in [-0.2, -0.15) is 0 Å².